The Bertz CT molecular complexity index is 477. The molecule has 2 aromatic heterocycles. The van der Waals surface area contributed by atoms with Gasteiger partial charge in [-0.3, -0.25) is 0 Å². The second-order valence-corrected chi connectivity index (χ2v) is 5.37. The van der Waals surface area contributed by atoms with Gasteiger partial charge in [-0.25, -0.2) is 0 Å². The molecule has 84 valence electrons. The molecule has 0 unspecified atom stereocenters. The molecule has 16 heavy (non-hydrogen) atoms. The Kier molecular flexibility index (Phi) is 2.44. The van der Waals surface area contributed by atoms with Crippen LogP contribution < -0.4 is 5.73 Å². The first-order valence-corrected chi connectivity index (χ1v) is 6.49. The molecule has 0 bridgehead atoms. The minimum absolute atomic E-state index is 0.457. The first-order chi connectivity index (χ1) is 7.83. The van der Waals surface area contributed by atoms with Crippen LogP contribution in [0.1, 0.15) is 29.7 Å². The maximum atomic E-state index is 5.56. The standard InChI is InChI=1S/C12H14N2OS/c13-12-7-9(15-14-12)11-6-8-4-2-1-3-5-10(8)16-11/h6-7H,1-5H2,(H2,13,14). The average molecular weight is 234 g/mol. The van der Waals surface area contributed by atoms with E-state index in [1.165, 1.54) is 42.5 Å². The van der Waals surface area contributed by atoms with Gasteiger partial charge in [-0.15, -0.1) is 11.3 Å². The molecule has 0 spiro atoms. The van der Waals surface area contributed by atoms with E-state index in [0.717, 1.165) is 10.6 Å². The van der Waals surface area contributed by atoms with Gasteiger partial charge in [-0.2, -0.15) is 0 Å². The van der Waals surface area contributed by atoms with Gasteiger partial charge in [0.25, 0.3) is 0 Å². The van der Waals surface area contributed by atoms with Crippen LogP contribution in [0.15, 0.2) is 16.7 Å². The highest BCUT2D eigenvalue weighted by molar-refractivity contribution is 7.15. The highest BCUT2D eigenvalue weighted by atomic mass is 32.1. The Morgan fingerprint density at radius 1 is 1.19 bits per heavy atom. The molecule has 2 heterocycles. The molecule has 3 rings (SSSR count). The lowest BCUT2D eigenvalue weighted by molar-refractivity contribution is 0.436. The van der Waals surface area contributed by atoms with E-state index >= 15 is 0 Å². The minimum Gasteiger partial charge on any atom is -0.381 e. The van der Waals surface area contributed by atoms with Crippen molar-refractivity contribution in [2.24, 2.45) is 0 Å². The number of aryl methyl sites for hydroxylation is 2. The molecular formula is C12H14N2OS. The second kappa shape index (κ2) is 3.94. The van der Waals surface area contributed by atoms with E-state index < -0.39 is 0 Å². The summed E-state index contributed by atoms with van der Waals surface area (Å²) in [5.74, 6) is 1.26. The number of rotatable bonds is 1. The number of hydrogen-bond acceptors (Lipinski definition) is 4. The van der Waals surface area contributed by atoms with Gasteiger partial charge in [0, 0.05) is 10.9 Å². The highest BCUT2D eigenvalue weighted by Crippen LogP contribution is 2.35. The van der Waals surface area contributed by atoms with Crippen LogP contribution in [0.4, 0.5) is 5.82 Å². The van der Waals surface area contributed by atoms with Gasteiger partial charge in [0.05, 0.1) is 4.88 Å². The summed E-state index contributed by atoms with van der Waals surface area (Å²) >= 11 is 1.83. The molecule has 0 fully saturated rings. The minimum atomic E-state index is 0.457. The van der Waals surface area contributed by atoms with Crippen molar-refractivity contribution >= 4 is 17.2 Å². The number of nitrogen functional groups attached to an aromatic ring is 1. The molecule has 2 aromatic rings. The van der Waals surface area contributed by atoms with Crippen molar-refractivity contribution in [1.82, 2.24) is 5.16 Å². The quantitative estimate of drug-likeness (QED) is 0.770. The number of nitrogens with two attached hydrogens (primary N) is 1. The molecule has 0 aromatic carbocycles. The molecule has 4 heteroatoms. The summed E-state index contributed by atoms with van der Waals surface area (Å²) < 4.78 is 5.19. The number of aromatic nitrogens is 1. The predicted molar refractivity (Wildman–Crippen MR) is 65.5 cm³/mol. The van der Waals surface area contributed by atoms with Crippen molar-refractivity contribution in [2.45, 2.75) is 32.1 Å². The van der Waals surface area contributed by atoms with Gasteiger partial charge in [-0.05, 0) is 37.3 Å². The summed E-state index contributed by atoms with van der Waals surface area (Å²) in [6.45, 7) is 0. The van der Waals surface area contributed by atoms with Crippen LogP contribution >= 0.6 is 11.3 Å². The summed E-state index contributed by atoms with van der Waals surface area (Å²) in [4.78, 5) is 2.68. The fraction of sp³-hybridized carbons (Fsp3) is 0.417. The SMILES string of the molecule is Nc1cc(-c2cc3c(s2)CCCCC3)on1. The Labute approximate surface area is 98.3 Å². The smallest absolute Gasteiger partial charge is 0.179 e. The lowest BCUT2D eigenvalue weighted by Gasteiger charge is -1.92. The van der Waals surface area contributed by atoms with Gasteiger partial charge in [0.1, 0.15) is 0 Å². The number of nitrogens with zero attached hydrogens (tertiary/aromatic N) is 1. The topological polar surface area (TPSA) is 52.0 Å². The second-order valence-electron chi connectivity index (χ2n) is 4.24. The molecule has 1 aliphatic carbocycles. The van der Waals surface area contributed by atoms with Gasteiger partial charge < -0.3 is 10.3 Å². The zero-order valence-corrected chi connectivity index (χ0v) is 9.85. The molecule has 0 radical (unpaired) electrons. The van der Waals surface area contributed by atoms with Gasteiger partial charge in [0.2, 0.25) is 0 Å². The molecule has 0 amide bonds. The number of hydrogen-bond donors (Lipinski definition) is 1. The summed E-state index contributed by atoms with van der Waals surface area (Å²) in [5, 5.41) is 3.73. The van der Waals surface area contributed by atoms with Gasteiger partial charge in [-0.1, -0.05) is 11.6 Å². The van der Waals surface area contributed by atoms with Crippen LogP contribution in [0.3, 0.4) is 0 Å². The largest absolute Gasteiger partial charge is 0.381 e. The number of fused-ring (bicyclic) bond motifs is 1. The van der Waals surface area contributed by atoms with Gasteiger partial charge >= 0.3 is 0 Å². The zero-order valence-electron chi connectivity index (χ0n) is 9.03. The fourth-order valence-corrected chi connectivity index (χ4v) is 3.40. The zero-order chi connectivity index (χ0) is 11.0. The number of anilines is 1. The van der Waals surface area contributed by atoms with Crippen LogP contribution in [-0.2, 0) is 12.8 Å². The maximum Gasteiger partial charge on any atom is 0.179 e. The monoisotopic (exact) mass is 234 g/mol. The molecule has 1 aliphatic rings. The normalized spacial score (nSPS) is 15.8. The molecule has 0 saturated heterocycles. The Morgan fingerprint density at radius 2 is 2.06 bits per heavy atom. The van der Waals surface area contributed by atoms with Crippen molar-refractivity contribution in [2.75, 3.05) is 5.73 Å². The Hall–Kier alpha value is -1.29. The molecule has 0 atom stereocenters. The number of thiophene rings is 1. The molecular weight excluding hydrogens is 220 g/mol. The summed E-state index contributed by atoms with van der Waals surface area (Å²) in [6.07, 6.45) is 6.39. The third-order valence-corrected chi connectivity index (χ3v) is 4.27. The Morgan fingerprint density at radius 3 is 2.88 bits per heavy atom. The highest BCUT2D eigenvalue weighted by Gasteiger charge is 2.15. The van der Waals surface area contributed by atoms with E-state index in [2.05, 4.69) is 11.2 Å². The third kappa shape index (κ3) is 1.73. The van der Waals surface area contributed by atoms with Crippen molar-refractivity contribution in [3.63, 3.8) is 0 Å². The van der Waals surface area contributed by atoms with Crippen molar-refractivity contribution in [3.8, 4) is 10.6 Å². The molecule has 0 saturated carbocycles. The fourth-order valence-electron chi connectivity index (χ4n) is 2.19. The van der Waals surface area contributed by atoms with Crippen molar-refractivity contribution in [3.05, 3.63) is 22.6 Å². The Balaban J connectivity index is 1.98. The lowest BCUT2D eigenvalue weighted by Crippen LogP contribution is -1.80. The average Bonchev–Trinajstić information content (AvgIpc) is 2.81. The third-order valence-electron chi connectivity index (χ3n) is 3.02. The van der Waals surface area contributed by atoms with Crippen molar-refractivity contribution in [1.29, 1.82) is 0 Å². The molecule has 0 aliphatic heterocycles. The van der Waals surface area contributed by atoms with E-state index in [-0.39, 0.29) is 0 Å². The summed E-state index contributed by atoms with van der Waals surface area (Å²) in [7, 11) is 0. The van der Waals surface area contributed by atoms with E-state index in [1.54, 1.807) is 6.07 Å². The van der Waals surface area contributed by atoms with E-state index in [4.69, 9.17) is 10.3 Å². The van der Waals surface area contributed by atoms with E-state index in [1.807, 2.05) is 11.3 Å². The lowest BCUT2D eigenvalue weighted by atomic mass is 10.1. The van der Waals surface area contributed by atoms with Crippen LogP contribution in [0.25, 0.3) is 10.6 Å². The summed E-state index contributed by atoms with van der Waals surface area (Å²) in [6, 6.07) is 4.04. The van der Waals surface area contributed by atoms with Gasteiger partial charge in [0.15, 0.2) is 11.6 Å². The van der Waals surface area contributed by atoms with E-state index in [9.17, 15) is 0 Å². The van der Waals surface area contributed by atoms with Crippen LogP contribution in [0, 0.1) is 0 Å². The first kappa shape index (κ1) is 9.90. The molecule has 3 nitrogen and oxygen atoms in total. The summed E-state index contributed by atoms with van der Waals surface area (Å²) in [5.41, 5.74) is 7.06. The predicted octanol–water partition coefficient (Wildman–Crippen LogP) is 3.25. The van der Waals surface area contributed by atoms with E-state index in [0.29, 0.717) is 5.82 Å². The molecule has 2 N–H and O–H groups in total. The first-order valence-electron chi connectivity index (χ1n) is 5.67. The van der Waals surface area contributed by atoms with Crippen molar-refractivity contribution < 1.29 is 4.52 Å². The maximum absolute atomic E-state index is 5.56. The van der Waals surface area contributed by atoms with Crippen LogP contribution in [-0.4, -0.2) is 5.16 Å². The van der Waals surface area contributed by atoms with Crippen LogP contribution in [0.5, 0.6) is 0 Å². The van der Waals surface area contributed by atoms with Crippen LogP contribution in [0.2, 0.25) is 0 Å².